The van der Waals surface area contributed by atoms with Crippen molar-refractivity contribution in [3.63, 3.8) is 0 Å². The Hall–Kier alpha value is -1.98. The molecular weight excluding hydrogens is 266 g/mol. The number of aryl methyl sites for hydroxylation is 2. The third kappa shape index (κ3) is 2.95. The first-order valence-electron chi connectivity index (χ1n) is 6.59. The summed E-state index contributed by atoms with van der Waals surface area (Å²) < 4.78 is 28.4. The minimum Gasteiger partial charge on any atom is -0.481 e. The number of nitrogens with zero attached hydrogens (tertiary/aromatic N) is 2. The summed E-state index contributed by atoms with van der Waals surface area (Å²) >= 11 is 0. The number of benzene rings is 1. The number of fused-ring (bicyclic) bond motifs is 1. The Bertz CT molecular complexity index is 638. The second-order valence-electron chi connectivity index (χ2n) is 4.68. The van der Waals surface area contributed by atoms with Crippen LogP contribution in [0.1, 0.15) is 32.0 Å². The fourth-order valence-electron chi connectivity index (χ4n) is 2.22. The predicted molar refractivity (Wildman–Crippen MR) is 70.5 cm³/mol. The van der Waals surface area contributed by atoms with Crippen molar-refractivity contribution in [2.24, 2.45) is 0 Å². The number of hydrogen-bond acceptors (Lipinski definition) is 2. The third-order valence-electron chi connectivity index (χ3n) is 3.12. The Labute approximate surface area is 115 Å². The Kier molecular flexibility index (Phi) is 4.32. The normalized spacial score (nSPS) is 11.2. The van der Waals surface area contributed by atoms with Crippen LogP contribution in [0.5, 0.6) is 0 Å². The lowest BCUT2D eigenvalue weighted by atomic mass is 10.2. The van der Waals surface area contributed by atoms with E-state index in [4.69, 9.17) is 5.11 Å². The molecule has 0 amide bonds. The Balaban J connectivity index is 2.39. The maximum atomic E-state index is 13.4. The number of halogens is 2. The summed E-state index contributed by atoms with van der Waals surface area (Å²) in [5.41, 5.74) is 0.917. The van der Waals surface area contributed by atoms with Crippen molar-refractivity contribution in [1.29, 1.82) is 0 Å². The summed E-state index contributed by atoms with van der Waals surface area (Å²) in [6.07, 6.45) is 2.00. The van der Waals surface area contributed by atoms with Gasteiger partial charge in [0.25, 0.3) is 0 Å². The molecule has 0 atom stereocenters. The lowest BCUT2D eigenvalue weighted by Gasteiger charge is -2.07. The van der Waals surface area contributed by atoms with Crippen LogP contribution in [-0.4, -0.2) is 20.6 Å². The van der Waals surface area contributed by atoms with E-state index < -0.39 is 17.6 Å². The molecule has 0 saturated heterocycles. The van der Waals surface area contributed by atoms with Gasteiger partial charge in [-0.2, -0.15) is 0 Å². The smallest absolute Gasteiger partial charge is 0.303 e. The molecule has 0 fully saturated rings. The van der Waals surface area contributed by atoms with Gasteiger partial charge in [0.05, 0.1) is 11.0 Å². The monoisotopic (exact) mass is 282 g/mol. The van der Waals surface area contributed by atoms with Gasteiger partial charge in [0.1, 0.15) is 5.82 Å². The summed E-state index contributed by atoms with van der Waals surface area (Å²) in [4.78, 5) is 14.9. The quantitative estimate of drug-likeness (QED) is 0.885. The molecule has 6 heteroatoms. The molecule has 1 heterocycles. The molecule has 0 saturated carbocycles. The van der Waals surface area contributed by atoms with Crippen LogP contribution >= 0.6 is 0 Å². The molecule has 0 bridgehead atoms. The highest BCUT2D eigenvalue weighted by atomic mass is 19.2. The number of carboxylic acids is 1. The zero-order valence-corrected chi connectivity index (χ0v) is 11.2. The molecule has 0 aliphatic carbocycles. The number of aromatic nitrogens is 2. The summed E-state index contributed by atoms with van der Waals surface area (Å²) in [5.74, 6) is -1.97. The van der Waals surface area contributed by atoms with Crippen LogP contribution in [0, 0.1) is 11.6 Å². The van der Waals surface area contributed by atoms with E-state index in [2.05, 4.69) is 4.98 Å². The number of rotatable bonds is 6. The molecule has 0 spiro atoms. The van der Waals surface area contributed by atoms with Crippen molar-refractivity contribution in [2.45, 2.75) is 39.2 Å². The Morgan fingerprint density at radius 1 is 1.35 bits per heavy atom. The number of carbonyl (C=O) groups is 1. The molecule has 2 aromatic rings. The zero-order valence-electron chi connectivity index (χ0n) is 11.2. The molecular formula is C14H16F2N2O2. The topological polar surface area (TPSA) is 55.1 Å². The summed E-state index contributed by atoms with van der Waals surface area (Å²) in [5, 5.41) is 8.67. The lowest BCUT2D eigenvalue weighted by Crippen LogP contribution is -2.06. The standard InChI is InChI=1S/C14H16F2N2O2/c1-2-4-13-17-11-7-9(15)10(16)8-12(11)18(13)6-3-5-14(19)20/h7-8H,2-6H2,1H3,(H,19,20). The molecule has 1 N–H and O–H groups in total. The van der Waals surface area contributed by atoms with Gasteiger partial charge in [-0.15, -0.1) is 0 Å². The molecule has 2 rings (SSSR count). The van der Waals surface area contributed by atoms with Crippen LogP contribution in [0.4, 0.5) is 8.78 Å². The molecule has 0 aliphatic rings. The highest BCUT2D eigenvalue weighted by Gasteiger charge is 2.14. The van der Waals surface area contributed by atoms with Crippen LogP contribution in [-0.2, 0) is 17.8 Å². The summed E-state index contributed by atoms with van der Waals surface area (Å²) in [6.45, 7) is 2.42. The van der Waals surface area contributed by atoms with Gasteiger partial charge in [-0.25, -0.2) is 13.8 Å². The maximum Gasteiger partial charge on any atom is 0.303 e. The highest BCUT2D eigenvalue weighted by Crippen LogP contribution is 2.21. The van der Waals surface area contributed by atoms with Gasteiger partial charge in [0.15, 0.2) is 11.6 Å². The number of hydrogen-bond donors (Lipinski definition) is 1. The average molecular weight is 282 g/mol. The average Bonchev–Trinajstić information content (AvgIpc) is 2.68. The van der Waals surface area contributed by atoms with E-state index in [1.807, 2.05) is 6.92 Å². The van der Waals surface area contributed by atoms with Crippen molar-refractivity contribution in [2.75, 3.05) is 0 Å². The molecule has 0 radical (unpaired) electrons. The molecule has 0 unspecified atom stereocenters. The van der Waals surface area contributed by atoms with Crippen molar-refractivity contribution >= 4 is 17.0 Å². The van der Waals surface area contributed by atoms with Crippen LogP contribution in [0.15, 0.2) is 12.1 Å². The Morgan fingerprint density at radius 2 is 2.05 bits per heavy atom. The SMILES string of the molecule is CCCc1nc2cc(F)c(F)cc2n1CCCC(=O)O. The van der Waals surface area contributed by atoms with Gasteiger partial charge in [-0.1, -0.05) is 6.92 Å². The molecule has 0 aliphatic heterocycles. The van der Waals surface area contributed by atoms with E-state index in [9.17, 15) is 13.6 Å². The largest absolute Gasteiger partial charge is 0.481 e. The molecule has 1 aromatic carbocycles. The van der Waals surface area contributed by atoms with Crippen LogP contribution in [0.25, 0.3) is 11.0 Å². The Morgan fingerprint density at radius 3 is 2.70 bits per heavy atom. The van der Waals surface area contributed by atoms with Crippen LogP contribution in [0.2, 0.25) is 0 Å². The molecule has 1 aromatic heterocycles. The fourth-order valence-corrected chi connectivity index (χ4v) is 2.22. The van der Waals surface area contributed by atoms with E-state index in [0.717, 1.165) is 24.4 Å². The predicted octanol–water partition coefficient (Wildman–Crippen LogP) is 3.13. The second kappa shape index (κ2) is 5.98. The van der Waals surface area contributed by atoms with Crippen molar-refractivity contribution in [1.82, 2.24) is 9.55 Å². The van der Waals surface area contributed by atoms with Gasteiger partial charge in [0, 0.05) is 31.5 Å². The highest BCUT2D eigenvalue weighted by molar-refractivity contribution is 5.76. The minimum atomic E-state index is -0.921. The van der Waals surface area contributed by atoms with Gasteiger partial charge in [-0.05, 0) is 12.8 Å². The summed E-state index contributed by atoms with van der Waals surface area (Å²) in [6, 6.07) is 2.20. The van der Waals surface area contributed by atoms with Gasteiger partial charge < -0.3 is 9.67 Å². The van der Waals surface area contributed by atoms with E-state index in [1.165, 1.54) is 0 Å². The van der Waals surface area contributed by atoms with Crippen LogP contribution in [0.3, 0.4) is 0 Å². The van der Waals surface area contributed by atoms with Crippen molar-refractivity contribution < 1.29 is 18.7 Å². The number of aliphatic carboxylic acids is 1. The third-order valence-corrected chi connectivity index (χ3v) is 3.12. The van der Waals surface area contributed by atoms with E-state index in [1.54, 1.807) is 4.57 Å². The van der Waals surface area contributed by atoms with E-state index in [0.29, 0.717) is 30.4 Å². The van der Waals surface area contributed by atoms with Gasteiger partial charge in [0.2, 0.25) is 0 Å². The summed E-state index contributed by atoms with van der Waals surface area (Å²) in [7, 11) is 0. The zero-order chi connectivity index (χ0) is 14.7. The molecule has 20 heavy (non-hydrogen) atoms. The van der Waals surface area contributed by atoms with E-state index in [-0.39, 0.29) is 6.42 Å². The lowest BCUT2D eigenvalue weighted by molar-refractivity contribution is -0.137. The number of imidazole rings is 1. The molecule has 108 valence electrons. The van der Waals surface area contributed by atoms with Gasteiger partial charge in [-0.3, -0.25) is 4.79 Å². The first-order valence-corrected chi connectivity index (χ1v) is 6.59. The minimum absolute atomic E-state index is 0.0366. The fraction of sp³-hybridized carbons (Fsp3) is 0.429. The maximum absolute atomic E-state index is 13.4. The van der Waals surface area contributed by atoms with Crippen molar-refractivity contribution in [3.05, 3.63) is 29.6 Å². The number of carboxylic acid groups (broad SMARTS) is 1. The first-order chi connectivity index (χ1) is 9.52. The molecule has 4 nitrogen and oxygen atoms in total. The van der Waals surface area contributed by atoms with E-state index >= 15 is 0 Å². The van der Waals surface area contributed by atoms with Crippen LogP contribution < -0.4 is 0 Å². The van der Waals surface area contributed by atoms with Gasteiger partial charge >= 0.3 is 5.97 Å². The first kappa shape index (κ1) is 14.4. The second-order valence-corrected chi connectivity index (χ2v) is 4.68. The van der Waals surface area contributed by atoms with Crippen molar-refractivity contribution in [3.8, 4) is 0 Å².